The molecule has 2 rings (SSSR count). The summed E-state index contributed by atoms with van der Waals surface area (Å²) in [6.45, 7) is 8.04. The topological polar surface area (TPSA) is 66.9 Å². The Morgan fingerprint density at radius 3 is 2.20 bits per heavy atom. The molecule has 1 aromatic carbocycles. The number of halogens is 1. The Morgan fingerprint density at radius 1 is 1.12 bits per heavy atom. The zero-order valence-electron chi connectivity index (χ0n) is 14.9. The lowest BCUT2D eigenvalue weighted by atomic mass is 10.2. The van der Waals surface area contributed by atoms with Gasteiger partial charge in [-0.25, -0.2) is 17.6 Å². The minimum atomic E-state index is -3.44. The average molecular weight is 372 g/mol. The van der Waals surface area contributed by atoms with Gasteiger partial charge < -0.3 is 9.64 Å². The highest BCUT2D eigenvalue weighted by Crippen LogP contribution is 2.14. The number of hydrogen-bond acceptors (Lipinski definition) is 5. The molecule has 0 spiro atoms. The number of piperazine rings is 1. The third-order valence-corrected chi connectivity index (χ3v) is 5.58. The van der Waals surface area contributed by atoms with E-state index in [1.165, 1.54) is 12.1 Å². The number of sulfone groups is 1. The van der Waals surface area contributed by atoms with Crippen molar-refractivity contribution in [3.05, 3.63) is 30.1 Å². The van der Waals surface area contributed by atoms with Crippen LogP contribution in [0.1, 0.15) is 20.8 Å². The van der Waals surface area contributed by atoms with E-state index in [4.69, 9.17) is 4.74 Å². The van der Waals surface area contributed by atoms with Gasteiger partial charge in [-0.3, -0.25) is 4.90 Å². The van der Waals surface area contributed by atoms with Gasteiger partial charge in [0.25, 0.3) is 0 Å². The van der Waals surface area contributed by atoms with Crippen molar-refractivity contribution in [2.24, 2.45) is 0 Å². The molecule has 0 radical (unpaired) electrons. The van der Waals surface area contributed by atoms with Crippen molar-refractivity contribution < 1.29 is 22.3 Å². The maximum atomic E-state index is 12.9. The lowest BCUT2D eigenvalue weighted by Crippen LogP contribution is -2.50. The summed E-state index contributed by atoms with van der Waals surface area (Å²) in [5, 5.41) is 0. The van der Waals surface area contributed by atoms with Crippen LogP contribution in [0.25, 0.3) is 0 Å². The number of carbonyl (C=O) groups excluding carboxylic acids is 1. The highest BCUT2D eigenvalue weighted by atomic mass is 32.2. The number of amides is 1. The lowest BCUT2D eigenvalue weighted by Gasteiger charge is -2.35. The third kappa shape index (κ3) is 5.97. The Labute approximate surface area is 148 Å². The fourth-order valence-electron chi connectivity index (χ4n) is 2.49. The first-order chi connectivity index (χ1) is 11.6. The molecule has 8 heteroatoms. The standard InChI is InChI=1S/C17H25FN2O4S/c1-17(2,3)24-16(21)20-10-8-19(9-11-20)12-13-25(22,23)15-6-4-14(18)5-7-15/h4-7H,8-13H2,1-3H3. The summed E-state index contributed by atoms with van der Waals surface area (Å²) < 4.78 is 42.8. The smallest absolute Gasteiger partial charge is 0.410 e. The molecule has 0 aromatic heterocycles. The fourth-order valence-corrected chi connectivity index (χ4v) is 3.77. The first kappa shape index (κ1) is 19.7. The Hall–Kier alpha value is -1.67. The number of ether oxygens (including phenoxy) is 1. The Balaban J connectivity index is 1.82. The zero-order valence-corrected chi connectivity index (χ0v) is 15.7. The van der Waals surface area contributed by atoms with Crippen LogP contribution in [-0.2, 0) is 14.6 Å². The van der Waals surface area contributed by atoms with Crippen LogP contribution in [0.15, 0.2) is 29.2 Å². The molecule has 0 atom stereocenters. The van der Waals surface area contributed by atoms with E-state index in [0.717, 1.165) is 12.1 Å². The van der Waals surface area contributed by atoms with Crippen molar-refractivity contribution >= 4 is 15.9 Å². The van der Waals surface area contributed by atoms with Crippen LogP contribution >= 0.6 is 0 Å². The highest BCUT2D eigenvalue weighted by molar-refractivity contribution is 7.91. The summed E-state index contributed by atoms with van der Waals surface area (Å²) >= 11 is 0. The molecule has 0 saturated carbocycles. The number of rotatable bonds is 4. The van der Waals surface area contributed by atoms with Crippen molar-refractivity contribution in [1.29, 1.82) is 0 Å². The van der Waals surface area contributed by atoms with Gasteiger partial charge in [-0.15, -0.1) is 0 Å². The molecule has 0 N–H and O–H groups in total. The van der Waals surface area contributed by atoms with Crippen molar-refractivity contribution in [2.45, 2.75) is 31.3 Å². The average Bonchev–Trinajstić information content (AvgIpc) is 2.52. The second-order valence-corrected chi connectivity index (χ2v) is 9.19. The van der Waals surface area contributed by atoms with Crippen LogP contribution < -0.4 is 0 Å². The minimum Gasteiger partial charge on any atom is -0.444 e. The second kappa shape index (κ2) is 7.70. The molecule has 1 amide bonds. The normalized spacial score (nSPS) is 16.7. The molecule has 1 saturated heterocycles. The SMILES string of the molecule is CC(C)(C)OC(=O)N1CCN(CCS(=O)(=O)c2ccc(F)cc2)CC1. The molecule has 0 aliphatic carbocycles. The highest BCUT2D eigenvalue weighted by Gasteiger charge is 2.26. The molecular formula is C17H25FN2O4S. The van der Waals surface area contributed by atoms with Gasteiger partial charge in [0.15, 0.2) is 9.84 Å². The first-order valence-corrected chi connectivity index (χ1v) is 9.91. The van der Waals surface area contributed by atoms with Crippen molar-refractivity contribution in [3.8, 4) is 0 Å². The van der Waals surface area contributed by atoms with Gasteiger partial charge in [0, 0.05) is 32.7 Å². The summed E-state index contributed by atoms with van der Waals surface area (Å²) in [7, 11) is -3.44. The predicted octanol–water partition coefficient (Wildman–Crippen LogP) is 2.15. The Bertz CT molecular complexity index is 690. The second-order valence-electron chi connectivity index (χ2n) is 7.08. The van der Waals surface area contributed by atoms with Crippen LogP contribution in [0.4, 0.5) is 9.18 Å². The van der Waals surface area contributed by atoms with Gasteiger partial charge in [0.05, 0.1) is 10.6 Å². The summed E-state index contributed by atoms with van der Waals surface area (Å²) in [6.07, 6.45) is -0.342. The Kier molecular flexibility index (Phi) is 6.05. The molecular weight excluding hydrogens is 347 g/mol. The zero-order chi connectivity index (χ0) is 18.7. The summed E-state index contributed by atoms with van der Waals surface area (Å²) in [5.74, 6) is -0.498. The summed E-state index contributed by atoms with van der Waals surface area (Å²) in [6, 6.07) is 4.86. The number of carbonyl (C=O) groups is 1. The van der Waals surface area contributed by atoms with E-state index >= 15 is 0 Å². The minimum absolute atomic E-state index is 0.0366. The monoisotopic (exact) mass is 372 g/mol. The molecule has 1 aromatic rings. The number of benzene rings is 1. The van der Waals surface area contributed by atoms with Crippen molar-refractivity contribution in [2.75, 3.05) is 38.5 Å². The van der Waals surface area contributed by atoms with Gasteiger partial charge in [-0.05, 0) is 45.0 Å². The van der Waals surface area contributed by atoms with Crippen LogP contribution in [0.3, 0.4) is 0 Å². The van der Waals surface area contributed by atoms with E-state index in [-0.39, 0.29) is 16.7 Å². The molecule has 140 valence electrons. The number of hydrogen-bond donors (Lipinski definition) is 0. The predicted molar refractivity (Wildman–Crippen MR) is 92.7 cm³/mol. The van der Waals surface area contributed by atoms with Crippen molar-refractivity contribution in [3.63, 3.8) is 0 Å². The van der Waals surface area contributed by atoms with E-state index in [2.05, 4.69) is 0 Å². The molecule has 1 aliphatic heterocycles. The Morgan fingerprint density at radius 2 is 1.68 bits per heavy atom. The van der Waals surface area contributed by atoms with Gasteiger partial charge in [-0.2, -0.15) is 0 Å². The van der Waals surface area contributed by atoms with Gasteiger partial charge in [-0.1, -0.05) is 0 Å². The lowest BCUT2D eigenvalue weighted by molar-refractivity contribution is 0.0150. The summed E-state index contributed by atoms with van der Waals surface area (Å²) in [4.78, 5) is 15.8. The van der Waals surface area contributed by atoms with E-state index in [1.807, 2.05) is 25.7 Å². The van der Waals surface area contributed by atoms with E-state index in [9.17, 15) is 17.6 Å². The van der Waals surface area contributed by atoms with Crippen LogP contribution in [-0.4, -0.2) is 68.4 Å². The molecule has 1 aliphatic rings. The molecule has 25 heavy (non-hydrogen) atoms. The first-order valence-electron chi connectivity index (χ1n) is 8.25. The molecule has 0 unspecified atom stereocenters. The largest absolute Gasteiger partial charge is 0.444 e. The van der Waals surface area contributed by atoms with Crippen LogP contribution in [0.2, 0.25) is 0 Å². The number of nitrogens with zero attached hydrogens (tertiary/aromatic N) is 2. The quantitative estimate of drug-likeness (QED) is 0.758. The molecule has 0 bridgehead atoms. The van der Waals surface area contributed by atoms with E-state index < -0.39 is 21.3 Å². The van der Waals surface area contributed by atoms with E-state index in [1.54, 1.807) is 4.90 Å². The molecule has 1 fully saturated rings. The van der Waals surface area contributed by atoms with Gasteiger partial charge in [0.1, 0.15) is 11.4 Å². The van der Waals surface area contributed by atoms with Gasteiger partial charge in [0.2, 0.25) is 0 Å². The summed E-state index contributed by atoms with van der Waals surface area (Å²) in [5.41, 5.74) is -0.530. The van der Waals surface area contributed by atoms with Crippen LogP contribution in [0, 0.1) is 5.82 Å². The maximum absolute atomic E-state index is 12.9. The fraction of sp³-hybridized carbons (Fsp3) is 0.588. The van der Waals surface area contributed by atoms with Gasteiger partial charge >= 0.3 is 6.09 Å². The van der Waals surface area contributed by atoms with E-state index in [0.29, 0.717) is 32.7 Å². The molecule has 6 nitrogen and oxygen atoms in total. The van der Waals surface area contributed by atoms with Crippen molar-refractivity contribution in [1.82, 2.24) is 9.80 Å². The third-order valence-electron chi connectivity index (χ3n) is 3.87. The van der Waals surface area contributed by atoms with Crippen LogP contribution in [0.5, 0.6) is 0 Å². The molecule has 1 heterocycles. The maximum Gasteiger partial charge on any atom is 0.410 e.